The highest BCUT2D eigenvalue weighted by Crippen LogP contribution is 2.30. The van der Waals surface area contributed by atoms with E-state index in [1.807, 2.05) is 30.3 Å². The number of rotatable bonds is 6. The van der Waals surface area contributed by atoms with Gasteiger partial charge in [0.15, 0.2) is 11.3 Å². The highest BCUT2D eigenvalue weighted by atomic mass is 79.9. The molecule has 5 aromatic rings. The summed E-state index contributed by atoms with van der Waals surface area (Å²) in [7, 11) is 0. The third-order valence-electron chi connectivity index (χ3n) is 6.47. The van der Waals surface area contributed by atoms with E-state index in [1.54, 1.807) is 39.4 Å². The number of carbonyl (C=O) groups is 3. The molecule has 3 N–H and O–H groups in total. The van der Waals surface area contributed by atoms with E-state index >= 15 is 0 Å². The molecule has 0 spiro atoms. The number of pyridine rings is 2. The highest BCUT2D eigenvalue weighted by Gasteiger charge is 2.31. The number of carbonyl (C=O) groups excluding carboxylic acids is 2. The Morgan fingerprint density at radius 1 is 0.750 bits per heavy atom. The van der Waals surface area contributed by atoms with Crippen molar-refractivity contribution in [3.05, 3.63) is 70.8 Å². The molecule has 0 atom stereocenters. The number of benzene rings is 1. The molecule has 2 aliphatic carbocycles. The van der Waals surface area contributed by atoms with Gasteiger partial charge in [-0.05, 0) is 78.0 Å². The maximum atomic E-state index is 11.9. The first-order valence-corrected chi connectivity index (χ1v) is 13.5. The molecule has 0 bridgehead atoms. The summed E-state index contributed by atoms with van der Waals surface area (Å²) in [4.78, 5) is 42.9. The summed E-state index contributed by atoms with van der Waals surface area (Å²) in [6.07, 6.45) is 3.78. The first-order chi connectivity index (χ1) is 19.4. The molecule has 7 rings (SSSR count). The van der Waals surface area contributed by atoms with Crippen LogP contribution in [-0.4, -0.2) is 52.1 Å². The Bertz CT molecular complexity index is 1760. The van der Waals surface area contributed by atoms with Crippen LogP contribution in [0.4, 0.5) is 11.9 Å². The zero-order valence-electron chi connectivity index (χ0n) is 21.0. The third kappa shape index (κ3) is 5.54. The number of carboxylic acid groups (broad SMARTS) is 1. The van der Waals surface area contributed by atoms with Gasteiger partial charge in [0.2, 0.25) is 23.7 Å². The Labute approximate surface area is 235 Å². The zero-order chi connectivity index (χ0) is 27.8. The monoisotopic (exact) mass is 602 g/mol. The van der Waals surface area contributed by atoms with Crippen molar-refractivity contribution in [2.24, 2.45) is 11.8 Å². The zero-order valence-corrected chi connectivity index (χ0v) is 22.6. The fourth-order valence-corrected chi connectivity index (χ4v) is 4.42. The molecule has 0 unspecified atom stereocenters. The lowest BCUT2D eigenvalue weighted by Gasteiger charge is -2.04. The average Bonchev–Trinajstić information content (AvgIpc) is 3.88. The number of nitrogens with one attached hydrogen (secondary N) is 2. The van der Waals surface area contributed by atoms with Crippen molar-refractivity contribution in [2.75, 3.05) is 10.6 Å². The Balaban J connectivity index is 0.000000157. The summed E-state index contributed by atoms with van der Waals surface area (Å²) in [6.45, 7) is 0. The standard InChI is InChI=1S/C17H14N4O3.C10H9BrN4O/c22-15(11-6-7-11)19-17-18-14-3-1-2-13(21(14)20-17)10-4-8-12(9-5-10)16(23)24;11-7-2-1-3-8-12-10(14-15(7)8)13-9(16)6-4-5-6/h1-5,8-9,11H,6-7H2,(H,23,24)(H,19,20,22);1-3,6H,4-5H2,(H,13,14,16). The quantitative estimate of drug-likeness (QED) is 0.243. The number of aromatic carboxylic acids is 1. The number of fused-ring (bicyclic) bond motifs is 2. The Kier molecular flexibility index (Phi) is 6.72. The summed E-state index contributed by atoms with van der Waals surface area (Å²) >= 11 is 3.37. The summed E-state index contributed by atoms with van der Waals surface area (Å²) in [5.74, 6) is -0.101. The Morgan fingerprint density at radius 2 is 1.27 bits per heavy atom. The molecule has 0 radical (unpaired) electrons. The average molecular weight is 603 g/mol. The molecule has 1 aromatic carbocycles. The molecule has 2 saturated carbocycles. The summed E-state index contributed by atoms with van der Waals surface area (Å²) < 4.78 is 4.09. The van der Waals surface area contributed by atoms with Gasteiger partial charge in [0, 0.05) is 17.4 Å². The molecule has 0 saturated heterocycles. The maximum absolute atomic E-state index is 11.9. The number of anilines is 2. The number of nitrogens with zero attached hydrogens (tertiary/aromatic N) is 6. The van der Waals surface area contributed by atoms with E-state index in [9.17, 15) is 14.4 Å². The fraction of sp³-hybridized carbons (Fsp3) is 0.222. The van der Waals surface area contributed by atoms with Crippen LogP contribution in [0.1, 0.15) is 36.0 Å². The summed E-state index contributed by atoms with van der Waals surface area (Å²) in [5, 5.41) is 23.0. The number of hydrogen-bond acceptors (Lipinski definition) is 7. The molecule has 2 fully saturated rings. The molecule has 0 aliphatic heterocycles. The van der Waals surface area contributed by atoms with Crippen LogP contribution in [0.25, 0.3) is 22.6 Å². The molecule has 4 aromatic heterocycles. The molecule has 4 heterocycles. The van der Waals surface area contributed by atoms with Gasteiger partial charge in [0.05, 0.1) is 11.3 Å². The van der Waals surface area contributed by atoms with E-state index in [0.717, 1.165) is 41.5 Å². The van der Waals surface area contributed by atoms with Crippen molar-refractivity contribution in [1.29, 1.82) is 0 Å². The second kappa shape index (κ2) is 10.5. The fourth-order valence-electron chi connectivity index (χ4n) is 4.00. The number of aromatic nitrogens is 6. The number of halogens is 1. The van der Waals surface area contributed by atoms with Crippen molar-refractivity contribution in [1.82, 2.24) is 29.2 Å². The first kappa shape index (κ1) is 25.6. The van der Waals surface area contributed by atoms with E-state index in [2.05, 4.69) is 46.7 Å². The van der Waals surface area contributed by atoms with E-state index in [0.29, 0.717) is 17.2 Å². The van der Waals surface area contributed by atoms with E-state index in [1.165, 1.54) is 0 Å². The second-order valence-corrected chi connectivity index (χ2v) is 10.4. The van der Waals surface area contributed by atoms with Crippen molar-refractivity contribution in [3.63, 3.8) is 0 Å². The van der Waals surface area contributed by atoms with E-state index < -0.39 is 5.97 Å². The van der Waals surface area contributed by atoms with Crippen molar-refractivity contribution < 1.29 is 19.5 Å². The lowest BCUT2D eigenvalue weighted by atomic mass is 10.1. The van der Waals surface area contributed by atoms with Crippen LogP contribution in [0.5, 0.6) is 0 Å². The predicted molar refractivity (Wildman–Crippen MR) is 149 cm³/mol. The molecule has 13 heteroatoms. The van der Waals surface area contributed by atoms with Crippen LogP contribution < -0.4 is 10.6 Å². The van der Waals surface area contributed by atoms with Gasteiger partial charge in [-0.3, -0.25) is 20.2 Å². The molecular formula is C27H23BrN8O4. The van der Waals surface area contributed by atoms with Gasteiger partial charge in [-0.1, -0.05) is 24.3 Å². The van der Waals surface area contributed by atoms with Crippen LogP contribution in [0.2, 0.25) is 0 Å². The molecule has 12 nitrogen and oxygen atoms in total. The SMILES string of the molecule is O=C(Nc1nc2cccc(Br)n2n1)C1CC1.O=C(O)c1ccc(-c2cccc3nc(NC(=O)C4CC4)nn23)cc1. The van der Waals surface area contributed by atoms with Crippen molar-refractivity contribution in [3.8, 4) is 11.3 Å². The smallest absolute Gasteiger partial charge is 0.335 e. The summed E-state index contributed by atoms with van der Waals surface area (Å²) in [6, 6.07) is 17.6. The van der Waals surface area contributed by atoms with Gasteiger partial charge < -0.3 is 5.11 Å². The van der Waals surface area contributed by atoms with E-state index in [-0.39, 0.29) is 35.2 Å². The van der Waals surface area contributed by atoms with Gasteiger partial charge in [0.1, 0.15) is 4.60 Å². The normalized spacial score (nSPS) is 14.4. The number of amides is 2. The Hall–Kier alpha value is -4.65. The number of hydrogen-bond donors (Lipinski definition) is 3. The van der Waals surface area contributed by atoms with Crippen molar-refractivity contribution >= 4 is 56.9 Å². The summed E-state index contributed by atoms with van der Waals surface area (Å²) in [5.41, 5.74) is 3.13. The van der Waals surface area contributed by atoms with Gasteiger partial charge >= 0.3 is 5.97 Å². The number of carboxylic acids is 1. The third-order valence-corrected chi connectivity index (χ3v) is 7.07. The van der Waals surface area contributed by atoms with Crippen LogP contribution in [0.3, 0.4) is 0 Å². The largest absolute Gasteiger partial charge is 0.478 e. The molecular weight excluding hydrogens is 580 g/mol. The minimum Gasteiger partial charge on any atom is -0.478 e. The minimum absolute atomic E-state index is 0.0204. The first-order valence-electron chi connectivity index (χ1n) is 12.7. The maximum Gasteiger partial charge on any atom is 0.335 e. The van der Waals surface area contributed by atoms with Gasteiger partial charge in [0.25, 0.3) is 0 Å². The van der Waals surface area contributed by atoms with Gasteiger partial charge in [-0.2, -0.15) is 9.97 Å². The van der Waals surface area contributed by atoms with Crippen LogP contribution in [0, 0.1) is 11.8 Å². The molecule has 2 aliphatic rings. The highest BCUT2D eigenvalue weighted by molar-refractivity contribution is 9.10. The van der Waals surface area contributed by atoms with Crippen molar-refractivity contribution in [2.45, 2.75) is 25.7 Å². The van der Waals surface area contributed by atoms with Crippen LogP contribution in [0.15, 0.2) is 65.3 Å². The molecule has 2 amide bonds. The Morgan fingerprint density at radius 3 is 1.80 bits per heavy atom. The molecule has 40 heavy (non-hydrogen) atoms. The lowest BCUT2D eigenvalue weighted by molar-refractivity contribution is -0.118. The topological polar surface area (TPSA) is 156 Å². The molecule has 202 valence electrons. The minimum atomic E-state index is -0.967. The van der Waals surface area contributed by atoms with Crippen LogP contribution >= 0.6 is 15.9 Å². The van der Waals surface area contributed by atoms with E-state index in [4.69, 9.17) is 5.11 Å². The van der Waals surface area contributed by atoms with Gasteiger partial charge in [-0.15, -0.1) is 10.2 Å². The second-order valence-electron chi connectivity index (χ2n) is 9.58. The van der Waals surface area contributed by atoms with Crippen LogP contribution in [-0.2, 0) is 9.59 Å². The lowest BCUT2D eigenvalue weighted by Crippen LogP contribution is -2.14. The van der Waals surface area contributed by atoms with Gasteiger partial charge in [-0.25, -0.2) is 13.8 Å². The predicted octanol–water partition coefficient (Wildman–Crippen LogP) is 4.28.